The van der Waals surface area contributed by atoms with Gasteiger partial charge in [0.2, 0.25) is 0 Å². The maximum atomic E-state index is 4.42. The molecule has 0 saturated heterocycles. The number of nitrogens with zero attached hydrogens (tertiary/aromatic N) is 2. The lowest BCUT2D eigenvalue weighted by molar-refractivity contribution is 0.548. The van der Waals surface area contributed by atoms with Gasteiger partial charge in [-0.3, -0.25) is 0 Å². The van der Waals surface area contributed by atoms with Crippen molar-refractivity contribution < 1.29 is 0 Å². The molecule has 1 N–H and O–H groups in total. The van der Waals surface area contributed by atoms with Gasteiger partial charge in [0.15, 0.2) is 0 Å². The van der Waals surface area contributed by atoms with E-state index in [1.54, 1.807) is 0 Å². The fraction of sp³-hybridized carbons (Fsp3) is 0.500. The van der Waals surface area contributed by atoms with Crippen LogP contribution in [-0.2, 0) is 19.5 Å². The number of rotatable bonds is 7. The van der Waals surface area contributed by atoms with Crippen molar-refractivity contribution in [1.29, 1.82) is 0 Å². The third-order valence-corrected chi connectivity index (χ3v) is 3.68. The van der Waals surface area contributed by atoms with Crippen molar-refractivity contribution in [3.63, 3.8) is 0 Å². The summed E-state index contributed by atoms with van der Waals surface area (Å²) < 4.78 is 2.17. The van der Waals surface area contributed by atoms with Gasteiger partial charge in [-0.05, 0) is 30.3 Å². The largest absolute Gasteiger partial charge is 0.337 e. The number of hydrogen-bond donors (Lipinski definition) is 1. The number of nitrogens with one attached hydrogen (secondary N) is 1. The highest BCUT2D eigenvalue weighted by molar-refractivity contribution is 7.09. The molecule has 2 aromatic heterocycles. The van der Waals surface area contributed by atoms with Gasteiger partial charge in [0.05, 0.1) is 12.0 Å². The summed E-state index contributed by atoms with van der Waals surface area (Å²) >= 11 is 1.82. The molecule has 2 aromatic rings. The minimum absolute atomic E-state index is 0.686. The molecule has 0 saturated carbocycles. The maximum absolute atomic E-state index is 4.42. The number of aromatic nitrogens is 2. The summed E-state index contributed by atoms with van der Waals surface area (Å²) in [4.78, 5) is 5.85. The van der Waals surface area contributed by atoms with Crippen molar-refractivity contribution in [2.75, 3.05) is 6.54 Å². The summed E-state index contributed by atoms with van der Waals surface area (Å²) in [5.41, 5.74) is 1.13. The Balaban J connectivity index is 1.75. The van der Waals surface area contributed by atoms with Gasteiger partial charge in [-0.1, -0.05) is 19.9 Å². The van der Waals surface area contributed by atoms with Crippen LogP contribution in [0.2, 0.25) is 0 Å². The Labute approximate surface area is 113 Å². The molecular weight excluding hydrogens is 242 g/mol. The van der Waals surface area contributed by atoms with E-state index in [9.17, 15) is 0 Å². The third kappa shape index (κ3) is 4.27. The zero-order valence-electron chi connectivity index (χ0n) is 11.1. The maximum Gasteiger partial charge on any atom is 0.0950 e. The first kappa shape index (κ1) is 13.3. The third-order valence-electron chi connectivity index (χ3n) is 2.74. The summed E-state index contributed by atoms with van der Waals surface area (Å²) in [6.45, 7) is 7.35. The van der Waals surface area contributed by atoms with E-state index in [1.165, 1.54) is 4.88 Å². The molecule has 0 aromatic carbocycles. The van der Waals surface area contributed by atoms with Crippen LogP contribution in [0.15, 0.2) is 30.0 Å². The van der Waals surface area contributed by atoms with Gasteiger partial charge in [-0.25, -0.2) is 4.98 Å². The van der Waals surface area contributed by atoms with Crippen molar-refractivity contribution in [2.24, 2.45) is 5.92 Å². The lowest BCUT2D eigenvalue weighted by Crippen LogP contribution is -2.19. The van der Waals surface area contributed by atoms with Crippen LogP contribution in [0, 0.1) is 5.92 Å². The summed E-state index contributed by atoms with van der Waals surface area (Å²) in [5, 5.41) is 5.54. The van der Waals surface area contributed by atoms with Crippen LogP contribution < -0.4 is 5.32 Å². The SMILES string of the molecule is CC(C)CNCc1cn(CCc2cccs2)cn1. The normalized spacial score (nSPS) is 11.3. The molecule has 0 radical (unpaired) electrons. The molecule has 0 fully saturated rings. The highest BCUT2D eigenvalue weighted by Crippen LogP contribution is 2.10. The molecule has 0 spiro atoms. The minimum atomic E-state index is 0.686. The second-order valence-corrected chi connectivity index (χ2v) is 5.99. The molecule has 2 heterocycles. The smallest absolute Gasteiger partial charge is 0.0950 e. The standard InChI is InChI=1S/C14H21N3S/c1-12(2)8-15-9-13-10-17(11-16-13)6-5-14-4-3-7-18-14/h3-4,7,10-12,15H,5-6,8-9H2,1-2H3. The van der Waals surface area contributed by atoms with Gasteiger partial charge in [0.1, 0.15) is 0 Å². The topological polar surface area (TPSA) is 29.9 Å². The molecule has 98 valence electrons. The van der Waals surface area contributed by atoms with Gasteiger partial charge in [0, 0.05) is 24.2 Å². The Morgan fingerprint density at radius 1 is 1.44 bits per heavy atom. The second-order valence-electron chi connectivity index (χ2n) is 4.96. The van der Waals surface area contributed by atoms with Crippen LogP contribution in [0.25, 0.3) is 0 Å². The lowest BCUT2D eigenvalue weighted by atomic mass is 10.2. The van der Waals surface area contributed by atoms with E-state index >= 15 is 0 Å². The van der Waals surface area contributed by atoms with Crippen LogP contribution in [0.5, 0.6) is 0 Å². The van der Waals surface area contributed by atoms with Crippen molar-refractivity contribution in [3.8, 4) is 0 Å². The predicted octanol–water partition coefficient (Wildman–Crippen LogP) is 2.93. The van der Waals surface area contributed by atoms with Crippen molar-refractivity contribution in [2.45, 2.75) is 33.4 Å². The number of aryl methyl sites for hydroxylation is 2. The van der Waals surface area contributed by atoms with Crippen molar-refractivity contribution in [1.82, 2.24) is 14.9 Å². The van der Waals surface area contributed by atoms with Crippen molar-refractivity contribution >= 4 is 11.3 Å². The van der Waals surface area contributed by atoms with E-state index in [4.69, 9.17) is 0 Å². The molecular formula is C14H21N3S. The number of imidazole rings is 1. The Morgan fingerprint density at radius 3 is 3.06 bits per heavy atom. The molecule has 0 aliphatic heterocycles. The first-order valence-electron chi connectivity index (χ1n) is 6.48. The molecule has 3 nitrogen and oxygen atoms in total. The average Bonchev–Trinajstić information content (AvgIpc) is 2.96. The van der Waals surface area contributed by atoms with E-state index in [0.29, 0.717) is 5.92 Å². The van der Waals surface area contributed by atoms with Crippen LogP contribution >= 0.6 is 11.3 Å². The van der Waals surface area contributed by atoms with E-state index < -0.39 is 0 Å². The summed E-state index contributed by atoms with van der Waals surface area (Å²) in [5.74, 6) is 0.686. The highest BCUT2D eigenvalue weighted by Gasteiger charge is 2.00. The molecule has 4 heteroatoms. The molecule has 0 bridgehead atoms. The van der Waals surface area contributed by atoms with Gasteiger partial charge < -0.3 is 9.88 Å². The Kier molecular flexibility index (Phi) is 4.96. The summed E-state index contributed by atoms with van der Waals surface area (Å²) in [6, 6.07) is 4.29. The van der Waals surface area contributed by atoms with Gasteiger partial charge in [-0.15, -0.1) is 11.3 Å². The van der Waals surface area contributed by atoms with E-state index in [0.717, 1.165) is 31.7 Å². The van der Waals surface area contributed by atoms with E-state index in [2.05, 4.69) is 52.4 Å². The summed E-state index contributed by atoms with van der Waals surface area (Å²) in [6.07, 6.45) is 5.16. The fourth-order valence-electron chi connectivity index (χ4n) is 1.80. The molecule has 0 aliphatic rings. The van der Waals surface area contributed by atoms with Crippen molar-refractivity contribution in [3.05, 3.63) is 40.6 Å². The quantitative estimate of drug-likeness (QED) is 0.832. The van der Waals surface area contributed by atoms with Gasteiger partial charge >= 0.3 is 0 Å². The Hall–Kier alpha value is -1.13. The summed E-state index contributed by atoms with van der Waals surface area (Å²) in [7, 11) is 0. The number of thiophene rings is 1. The fourth-order valence-corrected chi connectivity index (χ4v) is 2.50. The lowest BCUT2D eigenvalue weighted by Gasteiger charge is -2.04. The molecule has 2 rings (SSSR count). The molecule has 0 atom stereocenters. The van der Waals surface area contributed by atoms with Crippen LogP contribution in [0.4, 0.5) is 0 Å². The molecule has 0 amide bonds. The first-order valence-corrected chi connectivity index (χ1v) is 7.36. The van der Waals surface area contributed by atoms with E-state index in [-0.39, 0.29) is 0 Å². The van der Waals surface area contributed by atoms with Crippen LogP contribution in [0.3, 0.4) is 0 Å². The van der Waals surface area contributed by atoms with Gasteiger partial charge in [0.25, 0.3) is 0 Å². The zero-order chi connectivity index (χ0) is 12.8. The Bertz CT molecular complexity index is 445. The predicted molar refractivity (Wildman–Crippen MR) is 76.8 cm³/mol. The minimum Gasteiger partial charge on any atom is -0.337 e. The highest BCUT2D eigenvalue weighted by atomic mass is 32.1. The zero-order valence-corrected chi connectivity index (χ0v) is 11.9. The van der Waals surface area contributed by atoms with Crippen LogP contribution in [0.1, 0.15) is 24.4 Å². The molecule has 0 aliphatic carbocycles. The van der Waals surface area contributed by atoms with Gasteiger partial charge in [-0.2, -0.15) is 0 Å². The first-order chi connectivity index (χ1) is 8.74. The van der Waals surface area contributed by atoms with E-state index in [1.807, 2.05) is 17.7 Å². The van der Waals surface area contributed by atoms with Crippen LogP contribution in [-0.4, -0.2) is 16.1 Å². The monoisotopic (exact) mass is 263 g/mol. The number of hydrogen-bond acceptors (Lipinski definition) is 3. The molecule has 18 heavy (non-hydrogen) atoms. The molecule has 0 unspecified atom stereocenters. The second kappa shape index (κ2) is 6.71. The Morgan fingerprint density at radius 2 is 2.33 bits per heavy atom. The average molecular weight is 263 g/mol.